The second kappa shape index (κ2) is 10.4. The Balaban J connectivity index is 1.76. The van der Waals surface area contributed by atoms with Crippen molar-refractivity contribution in [2.24, 2.45) is 5.41 Å². The van der Waals surface area contributed by atoms with E-state index in [9.17, 15) is 14.4 Å². The molecule has 1 aromatic carbocycles. The maximum absolute atomic E-state index is 13.7. The molecule has 2 aromatic heterocycles. The molecule has 1 aliphatic carbocycles. The number of ketones is 1. The van der Waals surface area contributed by atoms with E-state index >= 15 is 0 Å². The highest BCUT2D eigenvalue weighted by molar-refractivity contribution is 6.10. The predicted octanol–water partition coefficient (Wildman–Crippen LogP) is 4.80. The summed E-state index contributed by atoms with van der Waals surface area (Å²) in [4.78, 5) is 48.2. The maximum atomic E-state index is 13.7. The number of H-pyrrole nitrogens is 1. The molecule has 9 nitrogen and oxygen atoms in total. The molecule has 2 amide bonds. The third kappa shape index (κ3) is 5.62. The van der Waals surface area contributed by atoms with Crippen molar-refractivity contribution in [3.05, 3.63) is 59.9 Å². The van der Waals surface area contributed by atoms with Crippen LogP contribution in [-0.2, 0) is 20.7 Å². The van der Waals surface area contributed by atoms with Crippen molar-refractivity contribution in [3.8, 4) is 11.3 Å². The van der Waals surface area contributed by atoms with Gasteiger partial charge in [-0.05, 0) is 45.0 Å². The zero-order valence-corrected chi connectivity index (χ0v) is 22.8. The Kier molecular flexibility index (Phi) is 7.42. The fourth-order valence-electron chi connectivity index (χ4n) is 5.05. The quantitative estimate of drug-likeness (QED) is 0.395. The van der Waals surface area contributed by atoms with E-state index in [0.29, 0.717) is 41.4 Å². The van der Waals surface area contributed by atoms with Crippen LogP contribution in [0.15, 0.2) is 48.7 Å². The van der Waals surface area contributed by atoms with Crippen molar-refractivity contribution in [1.29, 1.82) is 0 Å². The molecule has 9 heteroatoms. The molecule has 0 spiro atoms. The summed E-state index contributed by atoms with van der Waals surface area (Å²) in [7, 11) is 3.37. The molecule has 1 atom stereocenters. The number of fused-ring (bicyclic) bond motifs is 1. The van der Waals surface area contributed by atoms with Crippen molar-refractivity contribution < 1.29 is 19.1 Å². The lowest BCUT2D eigenvalue weighted by atomic mass is 9.73. The number of carbonyl (C=O) groups excluding carboxylic acids is 3. The summed E-state index contributed by atoms with van der Waals surface area (Å²) in [6.07, 6.45) is 2.07. The average molecular weight is 518 g/mol. The number of nitrogens with zero attached hydrogens (tertiary/aromatic N) is 2. The molecular weight excluding hydrogens is 482 g/mol. The van der Waals surface area contributed by atoms with Crippen molar-refractivity contribution >= 4 is 34.8 Å². The summed E-state index contributed by atoms with van der Waals surface area (Å²) in [5.41, 5.74) is 2.72. The third-order valence-corrected chi connectivity index (χ3v) is 6.90. The Labute approximate surface area is 223 Å². The predicted molar refractivity (Wildman–Crippen MR) is 148 cm³/mol. The molecule has 3 N–H and O–H groups in total. The number of para-hydroxylation sites is 1. The number of rotatable bonds is 8. The number of benzene rings is 1. The van der Waals surface area contributed by atoms with Crippen LogP contribution >= 0.6 is 0 Å². The van der Waals surface area contributed by atoms with E-state index in [1.807, 2.05) is 57.2 Å². The van der Waals surface area contributed by atoms with Gasteiger partial charge in [0.1, 0.15) is 5.82 Å². The number of aromatic amines is 1. The number of methoxy groups -OCH3 is 1. The number of nitrogens with one attached hydrogen (secondary N) is 3. The summed E-state index contributed by atoms with van der Waals surface area (Å²) in [5, 5.41) is 6.12. The van der Waals surface area contributed by atoms with Gasteiger partial charge < -0.3 is 25.3 Å². The van der Waals surface area contributed by atoms with Crippen LogP contribution in [0, 0.1) is 5.41 Å². The van der Waals surface area contributed by atoms with Crippen molar-refractivity contribution in [2.75, 3.05) is 31.3 Å². The van der Waals surface area contributed by atoms with Crippen molar-refractivity contribution in [2.45, 2.75) is 46.1 Å². The lowest BCUT2D eigenvalue weighted by molar-refractivity contribution is -0.143. The van der Waals surface area contributed by atoms with Gasteiger partial charge in [-0.1, -0.05) is 18.2 Å². The molecule has 0 aliphatic heterocycles. The highest BCUT2D eigenvalue weighted by Gasteiger charge is 2.45. The summed E-state index contributed by atoms with van der Waals surface area (Å²) in [6, 6.07) is 13.2. The van der Waals surface area contributed by atoms with Crippen LogP contribution < -0.4 is 10.6 Å². The second-order valence-electron chi connectivity index (χ2n) is 10.8. The molecule has 1 aliphatic rings. The van der Waals surface area contributed by atoms with Crippen LogP contribution in [-0.4, -0.2) is 58.8 Å². The molecular formula is C29H35N5O4. The molecule has 3 aromatic rings. The number of pyridine rings is 1. The van der Waals surface area contributed by atoms with Crippen molar-refractivity contribution in [1.82, 2.24) is 14.9 Å². The molecule has 0 fully saturated rings. The van der Waals surface area contributed by atoms with E-state index < -0.39 is 11.0 Å². The number of amides is 2. The first-order valence-electron chi connectivity index (χ1n) is 12.6. The highest BCUT2D eigenvalue weighted by Crippen LogP contribution is 2.44. The van der Waals surface area contributed by atoms with Crippen LogP contribution in [0.5, 0.6) is 0 Å². The molecule has 0 saturated carbocycles. The van der Waals surface area contributed by atoms with Crippen LogP contribution in [0.1, 0.15) is 50.2 Å². The maximum Gasteiger partial charge on any atom is 0.229 e. The zero-order valence-electron chi connectivity index (χ0n) is 22.8. The lowest BCUT2D eigenvalue weighted by Gasteiger charge is -2.37. The number of aromatic nitrogens is 2. The van der Waals surface area contributed by atoms with E-state index in [-0.39, 0.29) is 24.0 Å². The molecule has 38 heavy (non-hydrogen) atoms. The number of Topliss-reactive ketones (excluding diaryl/α,β-unsaturated/α-hetero) is 1. The second-order valence-corrected chi connectivity index (χ2v) is 10.8. The van der Waals surface area contributed by atoms with Gasteiger partial charge in [0, 0.05) is 63.6 Å². The minimum atomic E-state index is -0.908. The summed E-state index contributed by atoms with van der Waals surface area (Å²) >= 11 is 0. The van der Waals surface area contributed by atoms with Gasteiger partial charge in [-0.15, -0.1) is 0 Å². The van der Waals surface area contributed by atoms with E-state index in [2.05, 4.69) is 20.6 Å². The number of ether oxygens (including phenoxy) is 1. The number of hydrogen-bond acceptors (Lipinski definition) is 6. The Morgan fingerprint density at radius 1 is 1.18 bits per heavy atom. The highest BCUT2D eigenvalue weighted by atomic mass is 16.5. The van der Waals surface area contributed by atoms with E-state index in [1.54, 1.807) is 31.3 Å². The van der Waals surface area contributed by atoms with Gasteiger partial charge in [-0.25, -0.2) is 4.98 Å². The van der Waals surface area contributed by atoms with Crippen LogP contribution in [0.4, 0.5) is 17.2 Å². The molecule has 0 radical (unpaired) electrons. The molecule has 0 saturated heterocycles. The molecule has 1 unspecified atom stereocenters. The first-order chi connectivity index (χ1) is 17.9. The molecule has 2 heterocycles. The van der Waals surface area contributed by atoms with Crippen LogP contribution in [0.2, 0.25) is 0 Å². The van der Waals surface area contributed by atoms with Gasteiger partial charge >= 0.3 is 0 Å². The van der Waals surface area contributed by atoms with Gasteiger partial charge in [0.25, 0.3) is 0 Å². The minimum Gasteiger partial charge on any atom is -0.377 e. The van der Waals surface area contributed by atoms with E-state index in [0.717, 1.165) is 11.3 Å². The van der Waals surface area contributed by atoms with E-state index in [4.69, 9.17) is 4.74 Å². The first kappa shape index (κ1) is 27.1. The number of likely N-dealkylation sites (N-methyl/N-ethyl adjacent to an activating group) is 1. The normalized spacial score (nSPS) is 17.1. The monoisotopic (exact) mass is 517 g/mol. The number of anilines is 3. The van der Waals surface area contributed by atoms with Gasteiger partial charge in [-0.2, -0.15) is 0 Å². The largest absolute Gasteiger partial charge is 0.377 e. The Hall–Kier alpha value is -3.98. The smallest absolute Gasteiger partial charge is 0.229 e. The molecule has 0 bridgehead atoms. The van der Waals surface area contributed by atoms with Gasteiger partial charge in [0.05, 0.1) is 28.0 Å². The lowest BCUT2D eigenvalue weighted by Crippen LogP contribution is -2.49. The molecule has 4 rings (SSSR count). The first-order valence-corrected chi connectivity index (χ1v) is 12.6. The van der Waals surface area contributed by atoms with Crippen molar-refractivity contribution in [3.63, 3.8) is 0 Å². The number of hydrogen-bond donors (Lipinski definition) is 3. The van der Waals surface area contributed by atoms with Gasteiger partial charge in [0.15, 0.2) is 5.78 Å². The summed E-state index contributed by atoms with van der Waals surface area (Å²) in [5.74, 6) is -0.0407. The fraction of sp³-hybridized carbons (Fsp3) is 0.379. The third-order valence-electron chi connectivity index (χ3n) is 6.90. The Morgan fingerprint density at radius 2 is 1.89 bits per heavy atom. The SMILES string of the molecule is COC(C)(C)CN(C)C(=O)C1(C)CC(=O)c2c([nH]c(-c3ccnc(NC(C)=O)c3)c2Nc2ccccc2)C1. The van der Waals surface area contributed by atoms with Gasteiger partial charge in [0.2, 0.25) is 11.8 Å². The molecule has 200 valence electrons. The average Bonchev–Trinajstić information content (AvgIpc) is 3.21. The summed E-state index contributed by atoms with van der Waals surface area (Å²) in [6.45, 7) is 7.51. The van der Waals surface area contributed by atoms with Crippen LogP contribution in [0.3, 0.4) is 0 Å². The Morgan fingerprint density at radius 3 is 2.55 bits per heavy atom. The number of carbonyl (C=O) groups is 3. The summed E-state index contributed by atoms with van der Waals surface area (Å²) < 4.78 is 5.51. The topological polar surface area (TPSA) is 116 Å². The zero-order chi connectivity index (χ0) is 27.7. The van der Waals surface area contributed by atoms with Gasteiger partial charge in [-0.3, -0.25) is 14.4 Å². The minimum absolute atomic E-state index is 0.0881. The van der Waals surface area contributed by atoms with E-state index in [1.165, 1.54) is 6.92 Å². The Bertz CT molecular complexity index is 1360. The standard InChI is InChI=1S/C29H35N5O4/c1-18(35)31-23-14-19(12-13-30-23)25-26(32-20-10-8-7-9-11-20)24-21(33-25)15-29(4,16-22(24)36)27(37)34(5)17-28(2,3)38-6/h7-14,32-33H,15-17H2,1-6H3,(H,30,31,35). The van der Waals surface area contributed by atoms with Crippen LogP contribution in [0.25, 0.3) is 11.3 Å². The fourth-order valence-corrected chi connectivity index (χ4v) is 5.05.